The van der Waals surface area contributed by atoms with Crippen LogP contribution in [0.3, 0.4) is 0 Å². The first kappa shape index (κ1) is 18.9. The van der Waals surface area contributed by atoms with E-state index >= 15 is 0 Å². The smallest absolute Gasteiger partial charge is 0.303 e. The zero-order valence-corrected chi connectivity index (χ0v) is 14.2. The highest BCUT2D eigenvalue weighted by Gasteiger charge is 2.29. The second-order valence-electron chi connectivity index (χ2n) is 6.44. The lowest BCUT2D eigenvalue weighted by Crippen LogP contribution is -2.47. The SMILES string of the molecule is CC(CCC(=O)O)NC(=O)C1CCCN(C(=O)c2ccc(F)cc2)C1. The fourth-order valence-electron chi connectivity index (χ4n) is 2.92. The number of likely N-dealkylation sites (tertiary alicyclic amines) is 1. The summed E-state index contributed by atoms with van der Waals surface area (Å²) < 4.78 is 13.0. The van der Waals surface area contributed by atoms with Crippen LogP contribution in [0.2, 0.25) is 0 Å². The molecule has 0 radical (unpaired) electrons. The van der Waals surface area contributed by atoms with Gasteiger partial charge in [-0.05, 0) is 50.5 Å². The Morgan fingerprint density at radius 2 is 2.00 bits per heavy atom. The van der Waals surface area contributed by atoms with Crippen molar-refractivity contribution in [2.75, 3.05) is 13.1 Å². The van der Waals surface area contributed by atoms with E-state index in [9.17, 15) is 18.8 Å². The number of carbonyl (C=O) groups is 3. The van der Waals surface area contributed by atoms with E-state index in [0.717, 1.165) is 0 Å². The number of nitrogens with one attached hydrogen (secondary N) is 1. The molecule has 1 fully saturated rings. The highest BCUT2D eigenvalue weighted by Crippen LogP contribution is 2.19. The Hall–Kier alpha value is -2.44. The standard InChI is InChI=1S/C18H23FN2O4/c1-12(4-9-16(22)23)20-17(24)14-3-2-10-21(11-14)18(25)13-5-7-15(19)8-6-13/h5-8,12,14H,2-4,9-11H2,1H3,(H,20,24)(H,22,23). The second kappa shape index (κ2) is 8.60. The van der Waals surface area contributed by atoms with Gasteiger partial charge in [0.15, 0.2) is 0 Å². The van der Waals surface area contributed by atoms with Crippen LogP contribution in [0.15, 0.2) is 24.3 Å². The van der Waals surface area contributed by atoms with Crippen LogP contribution in [-0.2, 0) is 9.59 Å². The lowest BCUT2D eigenvalue weighted by molar-refractivity contribution is -0.137. The molecule has 6 nitrogen and oxygen atoms in total. The van der Waals surface area contributed by atoms with Gasteiger partial charge in [0.1, 0.15) is 5.82 Å². The van der Waals surface area contributed by atoms with Crippen molar-refractivity contribution >= 4 is 17.8 Å². The third kappa shape index (κ3) is 5.55. The van der Waals surface area contributed by atoms with E-state index in [-0.39, 0.29) is 30.2 Å². The predicted octanol–water partition coefficient (Wildman–Crippen LogP) is 2.05. The third-order valence-corrected chi connectivity index (χ3v) is 4.35. The molecule has 0 saturated carbocycles. The summed E-state index contributed by atoms with van der Waals surface area (Å²) in [7, 11) is 0. The summed E-state index contributed by atoms with van der Waals surface area (Å²) >= 11 is 0. The van der Waals surface area contributed by atoms with Crippen molar-refractivity contribution in [1.82, 2.24) is 10.2 Å². The molecule has 2 rings (SSSR count). The van der Waals surface area contributed by atoms with Crippen molar-refractivity contribution in [3.8, 4) is 0 Å². The molecule has 1 aromatic carbocycles. The van der Waals surface area contributed by atoms with E-state index in [1.807, 2.05) is 0 Å². The van der Waals surface area contributed by atoms with Crippen LogP contribution in [0.25, 0.3) is 0 Å². The largest absolute Gasteiger partial charge is 0.481 e. The molecule has 0 aromatic heterocycles. The van der Waals surface area contributed by atoms with Crippen molar-refractivity contribution in [1.29, 1.82) is 0 Å². The van der Waals surface area contributed by atoms with Crippen LogP contribution in [0, 0.1) is 11.7 Å². The first-order valence-electron chi connectivity index (χ1n) is 8.44. The average Bonchev–Trinajstić information content (AvgIpc) is 2.60. The van der Waals surface area contributed by atoms with Gasteiger partial charge in [-0.1, -0.05) is 0 Å². The van der Waals surface area contributed by atoms with E-state index in [0.29, 0.717) is 37.9 Å². The summed E-state index contributed by atoms with van der Waals surface area (Å²) in [6.45, 7) is 2.65. The van der Waals surface area contributed by atoms with Crippen LogP contribution in [-0.4, -0.2) is 46.9 Å². The molecule has 0 spiro atoms. The fourth-order valence-corrected chi connectivity index (χ4v) is 2.92. The van der Waals surface area contributed by atoms with E-state index in [2.05, 4.69) is 5.32 Å². The summed E-state index contributed by atoms with van der Waals surface area (Å²) in [6, 6.07) is 5.13. The maximum Gasteiger partial charge on any atom is 0.303 e. The number of nitrogens with zero attached hydrogens (tertiary/aromatic N) is 1. The van der Waals surface area contributed by atoms with Crippen molar-refractivity contribution in [3.63, 3.8) is 0 Å². The summed E-state index contributed by atoms with van der Waals surface area (Å²) in [5.74, 6) is -1.98. The van der Waals surface area contributed by atoms with Gasteiger partial charge in [-0.3, -0.25) is 14.4 Å². The van der Waals surface area contributed by atoms with Gasteiger partial charge in [0.25, 0.3) is 5.91 Å². The normalized spacial score (nSPS) is 18.5. The highest BCUT2D eigenvalue weighted by atomic mass is 19.1. The number of carboxylic acid groups (broad SMARTS) is 1. The summed E-state index contributed by atoms with van der Waals surface area (Å²) in [5.41, 5.74) is 0.400. The number of benzene rings is 1. The molecule has 0 bridgehead atoms. The molecule has 2 unspecified atom stereocenters. The number of hydrogen-bond donors (Lipinski definition) is 2. The minimum atomic E-state index is -0.894. The van der Waals surface area contributed by atoms with Gasteiger partial charge < -0.3 is 15.3 Å². The Labute approximate surface area is 146 Å². The molecule has 1 aliphatic heterocycles. The number of aliphatic carboxylic acids is 1. The van der Waals surface area contributed by atoms with Crippen molar-refractivity contribution in [3.05, 3.63) is 35.6 Å². The number of rotatable bonds is 6. The van der Waals surface area contributed by atoms with Crippen LogP contribution in [0.5, 0.6) is 0 Å². The van der Waals surface area contributed by atoms with Crippen LogP contribution in [0.4, 0.5) is 4.39 Å². The minimum absolute atomic E-state index is 0.00128. The fraction of sp³-hybridized carbons (Fsp3) is 0.500. The van der Waals surface area contributed by atoms with Gasteiger partial charge in [0, 0.05) is 31.1 Å². The number of amides is 2. The lowest BCUT2D eigenvalue weighted by Gasteiger charge is -2.32. The third-order valence-electron chi connectivity index (χ3n) is 4.35. The van der Waals surface area contributed by atoms with Crippen LogP contribution < -0.4 is 5.32 Å². The van der Waals surface area contributed by atoms with Gasteiger partial charge in [0.05, 0.1) is 5.92 Å². The van der Waals surface area contributed by atoms with Gasteiger partial charge in [-0.15, -0.1) is 0 Å². The van der Waals surface area contributed by atoms with Crippen LogP contribution in [0.1, 0.15) is 43.0 Å². The van der Waals surface area contributed by atoms with E-state index in [1.54, 1.807) is 11.8 Å². The second-order valence-corrected chi connectivity index (χ2v) is 6.44. The first-order chi connectivity index (χ1) is 11.9. The highest BCUT2D eigenvalue weighted by molar-refractivity contribution is 5.94. The van der Waals surface area contributed by atoms with Crippen molar-refractivity contribution in [2.45, 2.75) is 38.6 Å². The number of carboxylic acids is 1. The average molecular weight is 350 g/mol. The lowest BCUT2D eigenvalue weighted by atomic mass is 9.96. The quantitative estimate of drug-likeness (QED) is 0.822. The van der Waals surface area contributed by atoms with E-state index < -0.39 is 11.8 Å². The Morgan fingerprint density at radius 1 is 1.32 bits per heavy atom. The molecule has 2 amide bonds. The van der Waals surface area contributed by atoms with Crippen molar-refractivity contribution in [2.24, 2.45) is 5.92 Å². The molecular weight excluding hydrogens is 327 g/mol. The molecule has 1 heterocycles. The maximum absolute atomic E-state index is 13.0. The van der Waals surface area contributed by atoms with Gasteiger partial charge in [0.2, 0.25) is 5.91 Å². The Balaban J connectivity index is 1.91. The minimum Gasteiger partial charge on any atom is -0.481 e. The Kier molecular flexibility index (Phi) is 6.50. The predicted molar refractivity (Wildman–Crippen MR) is 89.5 cm³/mol. The van der Waals surface area contributed by atoms with E-state index in [1.165, 1.54) is 24.3 Å². The molecule has 25 heavy (non-hydrogen) atoms. The topological polar surface area (TPSA) is 86.7 Å². The number of halogens is 1. The Bertz CT molecular complexity index is 632. The molecule has 2 N–H and O–H groups in total. The molecule has 2 atom stereocenters. The summed E-state index contributed by atoms with van der Waals surface area (Å²) in [4.78, 5) is 37.0. The Morgan fingerprint density at radius 3 is 2.64 bits per heavy atom. The molecule has 136 valence electrons. The molecule has 1 saturated heterocycles. The molecule has 1 aliphatic rings. The molecule has 1 aromatic rings. The molecular formula is C18H23FN2O4. The van der Waals surface area contributed by atoms with Crippen LogP contribution >= 0.6 is 0 Å². The number of piperidine rings is 1. The monoisotopic (exact) mass is 350 g/mol. The van der Waals surface area contributed by atoms with Gasteiger partial charge in [-0.25, -0.2) is 4.39 Å². The number of carbonyl (C=O) groups excluding carboxylic acids is 2. The zero-order valence-electron chi connectivity index (χ0n) is 14.2. The van der Waals surface area contributed by atoms with E-state index in [4.69, 9.17) is 5.11 Å². The number of hydrogen-bond acceptors (Lipinski definition) is 3. The zero-order chi connectivity index (χ0) is 18.4. The summed E-state index contributed by atoms with van der Waals surface area (Å²) in [6.07, 6.45) is 1.77. The van der Waals surface area contributed by atoms with Gasteiger partial charge in [-0.2, -0.15) is 0 Å². The molecule has 7 heteroatoms. The first-order valence-corrected chi connectivity index (χ1v) is 8.44. The van der Waals surface area contributed by atoms with Crippen molar-refractivity contribution < 1.29 is 23.9 Å². The van der Waals surface area contributed by atoms with Gasteiger partial charge >= 0.3 is 5.97 Å². The summed E-state index contributed by atoms with van der Waals surface area (Å²) in [5, 5.41) is 11.5. The molecule has 0 aliphatic carbocycles. The maximum atomic E-state index is 13.0.